The second kappa shape index (κ2) is 4.38. The van der Waals surface area contributed by atoms with Crippen LogP contribution in [0.25, 0.3) is 0 Å². The van der Waals surface area contributed by atoms with Crippen LogP contribution in [-0.2, 0) is 0 Å². The van der Waals surface area contributed by atoms with Crippen LogP contribution < -0.4 is 5.32 Å². The average molecular weight is 260 g/mol. The van der Waals surface area contributed by atoms with Crippen molar-refractivity contribution in [2.45, 2.75) is 18.6 Å². The lowest BCUT2D eigenvalue weighted by molar-refractivity contribution is 0.757. The number of benzene rings is 1. The zero-order valence-corrected chi connectivity index (χ0v) is 10.3. The molecule has 1 aromatic carbocycles. The lowest BCUT2D eigenvalue weighted by atomic mass is 10.2. The van der Waals surface area contributed by atoms with Crippen LogP contribution in [0.3, 0.4) is 0 Å². The predicted octanol–water partition coefficient (Wildman–Crippen LogP) is 3.57. The van der Waals surface area contributed by atoms with Gasteiger partial charge in [0.1, 0.15) is 0 Å². The van der Waals surface area contributed by atoms with Crippen molar-refractivity contribution >= 4 is 34.2 Å². The molecule has 1 aromatic rings. The Morgan fingerprint density at radius 1 is 1.38 bits per heavy atom. The van der Waals surface area contributed by atoms with Gasteiger partial charge in [0, 0.05) is 21.5 Å². The van der Waals surface area contributed by atoms with Crippen molar-refractivity contribution in [3.05, 3.63) is 28.7 Å². The third-order valence-corrected chi connectivity index (χ3v) is 2.43. The van der Waals surface area contributed by atoms with Gasteiger partial charge in [-0.05, 0) is 41.9 Å². The van der Waals surface area contributed by atoms with E-state index in [9.17, 15) is 0 Å². The highest BCUT2D eigenvalue weighted by Crippen LogP contribution is 2.22. The average Bonchev–Trinajstić information content (AvgIpc) is 2.01. The van der Waals surface area contributed by atoms with Crippen molar-refractivity contribution in [2.24, 2.45) is 0 Å². The Bertz CT molecular complexity index is 280. The van der Waals surface area contributed by atoms with E-state index in [1.807, 2.05) is 24.3 Å². The second-order valence-electron chi connectivity index (χ2n) is 3.65. The minimum absolute atomic E-state index is 0.00921. The number of nitrogens with one attached hydrogen (secondary N) is 1. The van der Waals surface area contributed by atoms with Gasteiger partial charge in [-0.25, -0.2) is 0 Å². The van der Waals surface area contributed by atoms with E-state index in [4.69, 9.17) is 0 Å². The van der Waals surface area contributed by atoms with Gasteiger partial charge < -0.3 is 5.32 Å². The Balaban J connectivity index is 2.60. The summed E-state index contributed by atoms with van der Waals surface area (Å²) in [4.78, 5) is 0. The first-order valence-electron chi connectivity index (χ1n) is 4.20. The molecule has 0 aliphatic rings. The van der Waals surface area contributed by atoms with E-state index < -0.39 is 0 Å². The molecule has 0 saturated carbocycles. The van der Waals surface area contributed by atoms with Gasteiger partial charge in [0.05, 0.1) is 0 Å². The first-order valence-corrected chi connectivity index (χ1v) is 5.44. The van der Waals surface area contributed by atoms with E-state index in [2.05, 4.69) is 47.7 Å². The summed E-state index contributed by atoms with van der Waals surface area (Å²) >= 11 is 7.92. The van der Waals surface area contributed by atoms with Gasteiger partial charge in [-0.3, -0.25) is 0 Å². The van der Waals surface area contributed by atoms with Crippen molar-refractivity contribution in [1.29, 1.82) is 0 Å². The number of hydrogen-bond donors (Lipinski definition) is 2. The lowest BCUT2D eigenvalue weighted by Crippen LogP contribution is -2.23. The maximum absolute atomic E-state index is 4.44. The fraction of sp³-hybridized carbons (Fsp3) is 0.400. The fourth-order valence-corrected chi connectivity index (χ4v) is 1.42. The molecule has 0 heterocycles. The highest BCUT2D eigenvalue weighted by Gasteiger charge is 2.10. The molecule has 0 radical (unpaired) electrons. The quantitative estimate of drug-likeness (QED) is 0.792. The molecule has 0 fully saturated rings. The summed E-state index contributed by atoms with van der Waals surface area (Å²) < 4.78 is 1.10. The zero-order chi connectivity index (χ0) is 9.90. The zero-order valence-electron chi connectivity index (χ0n) is 7.84. The number of anilines is 1. The van der Waals surface area contributed by atoms with Gasteiger partial charge in [-0.2, -0.15) is 12.6 Å². The van der Waals surface area contributed by atoms with Crippen LogP contribution in [0.2, 0.25) is 0 Å². The molecule has 72 valence electrons. The van der Waals surface area contributed by atoms with Crippen LogP contribution in [0, 0.1) is 0 Å². The Hall–Kier alpha value is -0.150. The molecule has 0 unspecified atom stereocenters. The Labute approximate surface area is 93.5 Å². The van der Waals surface area contributed by atoms with E-state index in [0.29, 0.717) is 0 Å². The van der Waals surface area contributed by atoms with Crippen LogP contribution in [0.15, 0.2) is 28.7 Å². The fourth-order valence-electron chi connectivity index (χ4n) is 0.916. The third-order valence-electron chi connectivity index (χ3n) is 1.59. The van der Waals surface area contributed by atoms with Crippen molar-refractivity contribution in [3.63, 3.8) is 0 Å². The normalized spacial score (nSPS) is 11.4. The van der Waals surface area contributed by atoms with E-state index in [1.165, 1.54) is 0 Å². The van der Waals surface area contributed by atoms with Crippen molar-refractivity contribution < 1.29 is 0 Å². The van der Waals surface area contributed by atoms with E-state index in [1.54, 1.807) is 0 Å². The van der Waals surface area contributed by atoms with Gasteiger partial charge in [0.15, 0.2) is 0 Å². The molecular formula is C10H14BrNS. The molecule has 0 saturated heterocycles. The van der Waals surface area contributed by atoms with Gasteiger partial charge in [0.2, 0.25) is 0 Å². The van der Waals surface area contributed by atoms with E-state index >= 15 is 0 Å². The molecule has 0 aromatic heterocycles. The molecule has 0 spiro atoms. The molecule has 0 aliphatic carbocycles. The number of hydrogen-bond acceptors (Lipinski definition) is 2. The summed E-state index contributed by atoms with van der Waals surface area (Å²) in [6, 6.07) is 8.08. The van der Waals surface area contributed by atoms with Crippen LogP contribution in [0.5, 0.6) is 0 Å². The maximum atomic E-state index is 4.44. The number of thiol groups is 1. The first-order chi connectivity index (χ1) is 5.99. The molecule has 0 aliphatic heterocycles. The molecule has 0 bridgehead atoms. The highest BCUT2D eigenvalue weighted by atomic mass is 79.9. The maximum Gasteiger partial charge on any atom is 0.0485 e. The summed E-state index contributed by atoms with van der Waals surface area (Å²) in [5.41, 5.74) is 1.12. The number of rotatable bonds is 3. The summed E-state index contributed by atoms with van der Waals surface area (Å²) in [6.07, 6.45) is 0. The van der Waals surface area contributed by atoms with Crippen LogP contribution >= 0.6 is 28.6 Å². The monoisotopic (exact) mass is 259 g/mol. The summed E-state index contributed by atoms with van der Waals surface area (Å²) in [5, 5.41) is 3.33. The van der Waals surface area contributed by atoms with Crippen molar-refractivity contribution in [1.82, 2.24) is 0 Å². The molecule has 3 heteroatoms. The van der Waals surface area contributed by atoms with Gasteiger partial charge >= 0.3 is 0 Å². The van der Waals surface area contributed by atoms with Crippen LogP contribution in [0.4, 0.5) is 5.69 Å². The Morgan fingerprint density at radius 3 is 2.54 bits per heavy atom. The summed E-state index contributed by atoms with van der Waals surface area (Å²) in [6.45, 7) is 5.01. The molecule has 1 nitrogen and oxygen atoms in total. The third kappa shape index (κ3) is 4.05. The van der Waals surface area contributed by atoms with E-state index in [0.717, 1.165) is 16.7 Å². The van der Waals surface area contributed by atoms with Crippen molar-refractivity contribution in [2.75, 3.05) is 11.9 Å². The first kappa shape index (κ1) is 10.9. The minimum atomic E-state index is 0.00921. The lowest BCUT2D eigenvalue weighted by Gasteiger charge is -2.19. The molecule has 0 atom stereocenters. The smallest absolute Gasteiger partial charge is 0.0485 e. The summed E-state index contributed by atoms with van der Waals surface area (Å²) in [7, 11) is 0. The van der Waals surface area contributed by atoms with Crippen molar-refractivity contribution in [3.8, 4) is 0 Å². The summed E-state index contributed by atoms with van der Waals surface area (Å²) in [5.74, 6) is 0. The SMILES string of the molecule is CC(C)(S)CNc1ccccc1Br. The molecule has 1 N–H and O–H groups in total. The number of halogens is 1. The molecular weight excluding hydrogens is 246 g/mol. The molecule has 1 rings (SSSR count). The topological polar surface area (TPSA) is 12.0 Å². The number of para-hydroxylation sites is 1. The predicted molar refractivity (Wildman–Crippen MR) is 65.7 cm³/mol. The second-order valence-corrected chi connectivity index (χ2v) is 5.71. The Morgan fingerprint density at radius 2 is 2.00 bits per heavy atom. The van der Waals surface area contributed by atoms with Gasteiger partial charge in [0.25, 0.3) is 0 Å². The minimum Gasteiger partial charge on any atom is -0.383 e. The highest BCUT2D eigenvalue weighted by molar-refractivity contribution is 9.10. The molecule has 0 amide bonds. The van der Waals surface area contributed by atoms with Crippen LogP contribution in [-0.4, -0.2) is 11.3 Å². The van der Waals surface area contributed by atoms with E-state index in [-0.39, 0.29) is 4.75 Å². The van der Waals surface area contributed by atoms with Gasteiger partial charge in [-0.15, -0.1) is 0 Å². The standard InChI is InChI=1S/C10H14BrNS/c1-10(2,13)7-12-9-6-4-3-5-8(9)11/h3-6,12-13H,7H2,1-2H3. The van der Waals surface area contributed by atoms with Gasteiger partial charge in [-0.1, -0.05) is 12.1 Å². The Kier molecular flexibility index (Phi) is 3.68. The molecule has 13 heavy (non-hydrogen) atoms. The van der Waals surface area contributed by atoms with Crippen LogP contribution in [0.1, 0.15) is 13.8 Å². The largest absolute Gasteiger partial charge is 0.383 e.